The highest BCUT2D eigenvalue weighted by Crippen LogP contribution is 2.25. The van der Waals surface area contributed by atoms with Gasteiger partial charge < -0.3 is 20.5 Å². The topological polar surface area (TPSA) is 70.6 Å². The van der Waals surface area contributed by atoms with Crippen LogP contribution in [-0.4, -0.2) is 30.9 Å². The normalized spacial score (nSPS) is 12.0. The molecule has 0 aromatic heterocycles. The van der Waals surface area contributed by atoms with Crippen LogP contribution in [-0.2, 0) is 11.3 Å². The number of aliphatic hydroxyl groups excluding tert-OH is 1. The van der Waals surface area contributed by atoms with Crippen molar-refractivity contribution in [3.63, 3.8) is 0 Å². The second-order valence-electron chi connectivity index (χ2n) is 4.56. The summed E-state index contributed by atoms with van der Waals surface area (Å²) in [6.45, 7) is 2.46. The Morgan fingerprint density at radius 3 is 2.90 bits per heavy atom. The number of aliphatic hydroxyl groups is 1. The van der Waals surface area contributed by atoms with E-state index < -0.39 is 0 Å². The molecule has 1 rings (SSSR count). The van der Waals surface area contributed by atoms with Crippen molar-refractivity contribution in [2.75, 3.05) is 19.0 Å². The molecule has 0 aliphatic rings. The first-order valence-corrected chi connectivity index (χ1v) is 7.32. The highest BCUT2D eigenvalue weighted by Gasteiger charge is 2.11. The van der Waals surface area contributed by atoms with E-state index in [1.807, 2.05) is 25.1 Å². The second kappa shape index (κ2) is 8.94. The smallest absolute Gasteiger partial charge is 0.319 e. The first-order valence-electron chi connectivity index (χ1n) is 6.53. The van der Waals surface area contributed by atoms with E-state index in [0.29, 0.717) is 18.7 Å². The van der Waals surface area contributed by atoms with Crippen LogP contribution in [0.4, 0.5) is 10.5 Å². The van der Waals surface area contributed by atoms with Crippen LogP contribution in [0.3, 0.4) is 0 Å². The number of halogens is 1. The minimum absolute atomic E-state index is 0.0141. The van der Waals surface area contributed by atoms with Crippen molar-refractivity contribution in [2.45, 2.75) is 32.4 Å². The average Bonchev–Trinajstić information content (AvgIpc) is 2.40. The van der Waals surface area contributed by atoms with Gasteiger partial charge in [-0.1, -0.05) is 22.0 Å². The molecule has 3 N–H and O–H groups in total. The molecule has 1 unspecified atom stereocenters. The molecule has 2 amide bonds. The number of hydrogen-bond donors (Lipinski definition) is 3. The van der Waals surface area contributed by atoms with Gasteiger partial charge >= 0.3 is 6.03 Å². The quantitative estimate of drug-likeness (QED) is 0.712. The van der Waals surface area contributed by atoms with Gasteiger partial charge in [-0.3, -0.25) is 0 Å². The van der Waals surface area contributed by atoms with Crippen molar-refractivity contribution in [1.29, 1.82) is 0 Å². The Labute approximate surface area is 127 Å². The summed E-state index contributed by atoms with van der Waals surface area (Å²) in [4.78, 5) is 11.9. The number of carbonyl (C=O) groups excluding carboxylic acids is 1. The van der Waals surface area contributed by atoms with Crippen molar-refractivity contribution in [1.82, 2.24) is 5.32 Å². The van der Waals surface area contributed by atoms with Crippen LogP contribution in [0.1, 0.15) is 25.3 Å². The molecule has 1 aromatic carbocycles. The number of nitrogens with one attached hydrogen (secondary N) is 2. The van der Waals surface area contributed by atoms with E-state index in [1.54, 1.807) is 7.11 Å². The lowest BCUT2D eigenvalue weighted by molar-refractivity contribution is 0.185. The summed E-state index contributed by atoms with van der Waals surface area (Å²) in [5, 5.41) is 14.4. The fraction of sp³-hybridized carbons (Fsp3) is 0.500. The van der Waals surface area contributed by atoms with Gasteiger partial charge in [-0.05, 0) is 31.9 Å². The molecule has 0 radical (unpaired) electrons. The molecular weight excluding hydrogens is 324 g/mol. The summed E-state index contributed by atoms with van der Waals surface area (Å²) in [6, 6.07) is 5.35. The summed E-state index contributed by atoms with van der Waals surface area (Å²) in [5.74, 6) is 0. The number of methoxy groups -OCH3 is 1. The Morgan fingerprint density at radius 1 is 1.50 bits per heavy atom. The lowest BCUT2D eigenvalue weighted by Crippen LogP contribution is -2.36. The van der Waals surface area contributed by atoms with Crippen LogP contribution >= 0.6 is 15.9 Å². The Balaban J connectivity index is 2.63. The standard InChI is InChI=1S/C14H21BrN2O3/c1-10(5-4-8-18)16-14(19)17-13-7-3-6-12(15)11(13)9-20-2/h3,6-7,10,18H,4-5,8-9H2,1-2H3,(H2,16,17,19). The Kier molecular flexibility index (Phi) is 7.58. The van der Waals surface area contributed by atoms with Gasteiger partial charge in [0.05, 0.1) is 6.61 Å². The van der Waals surface area contributed by atoms with Gasteiger partial charge in [-0.25, -0.2) is 4.79 Å². The van der Waals surface area contributed by atoms with Gasteiger partial charge in [0, 0.05) is 35.5 Å². The molecule has 1 atom stereocenters. The van der Waals surface area contributed by atoms with E-state index in [4.69, 9.17) is 9.84 Å². The van der Waals surface area contributed by atoms with Crippen LogP contribution in [0.5, 0.6) is 0 Å². The largest absolute Gasteiger partial charge is 0.396 e. The molecule has 0 spiro atoms. The van der Waals surface area contributed by atoms with Crippen LogP contribution < -0.4 is 10.6 Å². The van der Waals surface area contributed by atoms with E-state index in [0.717, 1.165) is 16.5 Å². The number of amides is 2. The van der Waals surface area contributed by atoms with Crippen LogP contribution in [0.25, 0.3) is 0 Å². The van der Waals surface area contributed by atoms with E-state index >= 15 is 0 Å². The van der Waals surface area contributed by atoms with Crippen LogP contribution in [0, 0.1) is 0 Å². The molecule has 5 nitrogen and oxygen atoms in total. The fourth-order valence-electron chi connectivity index (χ4n) is 1.82. The van der Waals surface area contributed by atoms with Crippen molar-refractivity contribution in [3.8, 4) is 0 Å². The zero-order valence-electron chi connectivity index (χ0n) is 11.8. The molecule has 0 heterocycles. The highest BCUT2D eigenvalue weighted by molar-refractivity contribution is 9.10. The molecule has 0 fully saturated rings. The van der Waals surface area contributed by atoms with Crippen molar-refractivity contribution >= 4 is 27.6 Å². The monoisotopic (exact) mass is 344 g/mol. The van der Waals surface area contributed by atoms with Gasteiger partial charge in [-0.2, -0.15) is 0 Å². The van der Waals surface area contributed by atoms with Gasteiger partial charge in [0.15, 0.2) is 0 Å². The third-order valence-corrected chi connectivity index (χ3v) is 3.57. The minimum atomic E-state index is -0.258. The molecule has 1 aromatic rings. The maximum absolute atomic E-state index is 11.9. The number of rotatable bonds is 7. The molecular formula is C14H21BrN2O3. The Bertz CT molecular complexity index is 440. The number of ether oxygens (including phenoxy) is 1. The average molecular weight is 345 g/mol. The van der Waals surface area contributed by atoms with Crippen molar-refractivity contribution < 1.29 is 14.6 Å². The second-order valence-corrected chi connectivity index (χ2v) is 5.42. The molecule has 0 saturated heterocycles. The predicted octanol–water partition coefficient (Wildman–Crippen LogP) is 2.88. The first kappa shape index (κ1) is 16.9. The molecule has 0 bridgehead atoms. The highest BCUT2D eigenvalue weighted by atomic mass is 79.9. The first-order chi connectivity index (χ1) is 9.58. The van der Waals surface area contributed by atoms with Gasteiger partial charge in [0.2, 0.25) is 0 Å². The predicted molar refractivity (Wildman–Crippen MR) is 82.8 cm³/mol. The van der Waals surface area contributed by atoms with Crippen molar-refractivity contribution in [3.05, 3.63) is 28.2 Å². The summed E-state index contributed by atoms with van der Waals surface area (Å²) in [7, 11) is 1.61. The lowest BCUT2D eigenvalue weighted by Gasteiger charge is -2.16. The zero-order chi connectivity index (χ0) is 15.0. The Morgan fingerprint density at radius 2 is 2.25 bits per heavy atom. The molecule has 112 valence electrons. The molecule has 6 heteroatoms. The summed E-state index contributed by atoms with van der Waals surface area (Å²) < 4.78 is 6.03. The number of urea groups is 1. The van der Waals surface area contributed by atoms with Gasteiger partial charge in [0.1, 0.15) is 0 Å². The van der Waals surface area contributed by atoms with E-state index in [-0.39, 0.29) is 18.7 Å². The SMILES string of the molecule is COCc1c(Br)cccc1NC(=O)NC(C)CCCO. The molecule has 0 aliphatic carbocycles. The molecule has 0 saturated carbocycles. The van der Waals surface area contributed by atoms with Gasteiger partial charge in [0.25, 0.3) is 0 Å². The zero-order valence-corrected chi connectivity index (χ0v) is 13.4. The van der Waals surface area contributed by atoms with Crippen molar-refractivity contribution in [2.24, 2.45) is 0 Å². The number of hydrogen-bond acceptors (Lipinski definition) is 3. The number of benzene rings is 1. The maximum Gasteiger partial charge on any atom is 0.319 e. The lowest BCUT2D eigenvalue weighted by atomic mass is 10.2. The maximum atomic E-state index is 11.9. The molecule has 20 heavy (non-hydrogen) atoms. The third-order valence-electron chi connectivity index (χ3n) is 2.83. The summed E-state index contributed by atoms with van der Waals surface area (Å²) in [5.41, 5.74) is 1.61. The van der Waals surface area contributed by atoms with Crippen LogP contribution in [0.2, 0.25) is 0 Å². The summed E-state index contributed by atoms with van der Waals surface area (Å²) >= 11 is 3.44. The third kappa shape index (κ3) is 5.48. The van der Waals surface area contributed by atoms with E-state index in [2.05, 4.69) is 26.6 Å². The number of carbonyl (C=O) groups is 1. The molecule has 0 aliphatic heterocycles. The minimum Gasteiger partial charge on any atom is -0.396 e. The van der Waals surface area contributed by atoms with E-state index in [1.165, 1.54) is 0 Å². The Hall–Kier alpha value is -1.11. The number of anilines is 1. The van der Waals surface area contributed by atoms with Gasteiger partial charge in [-0.15, -0.1) is 0 Å². The fourth-order valence-corrected chi connectivity index (χ4v) is 2.30. The van der Waals surface area contributed by atoms with Crippen LogP contribution in [0.15, 0.2) is 22.7 Å². The summed E-state index contributed by atoms with van der Waals surface area (Å²) in [6.07, 6.45) is 1.42. The van der Waals surface area contributed by atoms with E-state index in [9.17, 15) is 4.79 Å².